The van der Waals surface area contributed by atoms with Crippen LogP contribution >= 0.6 is 0 Å². The van der Waals surface area contributed by atoms with E-state index in [2.05, 4.69) is 25.3 Å². The molecule has 0 aliphatic carbocycles. The third-order valence-corrected chi connectivity index (χ3v) is 3.64. The van der Waals surface area contributed by atoms with Crippen LogP contribution in [0.1, 0.15) is 33.0 Å². The first-order valence-corrected chi connectivity index (χ1v) is 7.10. The van der Waals surface area contributed by atoms with Gasteiger partial charge < -0.3 is 10.1 Å². The van der Waals surface area contributed by atoms with E-state index in [1.165, 1.54) is 20.2 Å². The first kappa shape index (κ1) is 16.6. The maximum Gasteiger partial charge on any atom is 0.359 e. The van der Waals surface area contributed by atoms with Gasteiger partial charge in [-0.25, -0.2) is 13.6 Å². The molecule has 3 aromatic rings. The minimum atomic E-state index is -2.84. The van der Waals surface area contributed by atoms with E-state index in [-0.39, 0.29) is 11.3 Å². The number of hydrogen-bond donors (Lipinski definition) is 2. The quantitative estimate of drug-likeness (QED) is 0.704. The molecule has 1 amide bonds. The van der Waals surface area contributed by atoms with Crippen LogP contribution < -0.4 is 5.32 Å². The summed E-state index contributed by atoms with van der Waals surface area (Å²) in [5.74, 6) is -1.37. The summed E-state index contributed by atoms with van der Waals surface area (Å²) in [6, 6.07) is 4.65. The fourth-order valence-corrected chi connectivity index (χ4v) is 2.42. The fourth-order valence-electron chi connectivity index (χ4n) is 2.42. The van der Waals surface area contributed by atoms with Crippen LogP contribution in [0.3, 0.4) is 0 Å². The van der Waals surface area contributed by atoms with Crippen molar-refractivity contribution in [3.63, 3.8) is 0 Å². The van der Waals surface area contributed by atoms with Crippen molar-refractivity contribution in [2.75, 3.05) is 12.4 Å². The number of alkyl halides is 2. The Bertz CT molecular complexity index is 963. The summed E-state index contributed by atoms with van der Waals surface area (Å²) in [6.45, 7) is 0. The molecule has 3 rings (SSSR count). The summed E-state index contributed by atoms with van der Waals surface area (Å²) in [5.41, 5.74) is 0.236. The highest BCUT2D eigenvalue weighted by Gasteiger charge is 2.23. The number of nitrogens with one attached hydrogen (secondary N) is 2. The highest BCUT2D eigenvalue weighted by Crippen LogP contribution is 2.25. The summed E-state index contributed by atoms with van der Waals surface area (Å²) in [5, 5.41) is 13.2. The average Bonchev–Trinajstić information content (AvgIpc) is 3.17. The molecule has 0 aliphatic rings. The third-order valence-electron chi connectivity index (χ3n) is 3.64. The molecule has 0 spiro atoms. The molecule has 2 heterocycles. The van der Waals surface area contributed by atoms with Crippen LogP contribution in [0.2, 0.25) is 0 Å². The van der Waals surface area contributed by atoms with Gasteiger partial charge in [0.15, 0.2) is 5.69 Å². The zero-order valence-electron chi connectivity index (χ0n) is 13.2. The van der Waals surface area contributed by atoms with Gasteiger partial charge in [-0.15, -0.1) is 0 Å². The topological polar surface area (TPSA) is 102 Å². The van der Waals surface area contributed by atoms with Crippen molar-refractivity contribution in [2.24, 2.45) is 7.05 Å². The number of aromatic amines is 1. The number of fused-ring (bicyclic) bond motifs is 1. The van der Waals surface area contributed by atoms with E-state index in [4.69, 9.17) is 0 Å². The van der Waals surface area contributed by atoms with E-state index in [0.717, 1.165) is 10.9 Å². The average molecular weight is 349 g/mol. The highest BCUT2D eigenvalue weighted by atomic mass is 19.3. The standard InChI is InChI=1S/C15H13F2N5O3/c1-22-12(13(16)17)9(6-18-22)14(23)19-7-3-4-10-8(5-7)11(21-20-10)15(24)25-2/h3-6,13H,1-2H3,(H,19,23)(H,20,21). The molecule has 8 nitrogen and oxygen atoms in total. The Morgan fingerprint density at radius 1 is 1.36 bits per heavy atom. The molecule has 1 aromatic carbocycles. The van der Waals surface area contributed by atoms with E-state index >= 15 is 0 Å². The van der Waals surface area contributed by atoms with Gasteiger partial charge in [0.05, 0.1) is 24.4 Å². The van der Waals surface area contributed by atoms with Crippen LogP contribution in [0.15, 0.2) is 24.4 Å². The number of esters is 1. The minimum Gasteiger partial charge on any atom is -0.464 e. The number of carbonyl (C=O) groups is 2. The Morgan fingerprint density at radius 2 is 2.12 bits per heavy atom. The van der Waals surface area contributed by atoms with Crippen LogP contribution in [-0.2, 0) is 11.8 Å². The predicted molar refractivity (Wildman–Crippen MR) is 83.6 cm³/mol. The SMILES string of the molecule is COC(=O)c1n[nH]c2ccc(NC(=O)c3cnn(C)c3C(F)F)cc12. The summed E-state index contributed by atoms with van der Waals surface area (Å²) in [6.07, 6.45) is -1.76. The Hall–Kier alpha value is -3.30. The monoisotopic (exact) mass is 349 g/mol. The molecule has 10 heteroatoms. The second-order valence-electron chi connectivity index (χ2n) is 5.15. The lowest BCUT2D eigenvalue weighted by Crippen LogP contribution is -2.14. The first-order valence-electron chi connectivity index (χ1n) is 7.10. The molecule has 0 bridgehead atoms. The summed E-state index contributed by atoms with van der Waals surface area (Å²) in [7, 11) is 2.56. The number of benzene rings is 1. The molecule has 2 N–H and O–H groups in total. The maximum absolute atomic E-state index is 13.1. The predicted octanol–water partition coefficient (Wildman–Crippen LogP) is 2.27. The lowest BCUT2D eigenvalue weighted by molar-refractivity contribution is 0.0596. The van der Waals surface area contributed by atoms with Gasteiger partial charge >= 0.3 is 5.97 Å². The third kappa shape index (κ3) is 2.93. The Kier molecular flexibility index (Phi) is 4.17. The van der Waals surface area contributed by atoms with Crippen molar-refractivity contribution in [3.05, 3.63) is 41.3 Å². The largest absolute Gasteiger partial charge is 0.464 e. The zero-order valence-corrected chi connectivity index (χ0v) is 13.2. The number of anilines is 1. The fraction of sp³-hybridized carbons (Fsp3) is 0.200. The Balaban J connectivity index is 1.93. The van der Waals surface area contributed by atoms with Gasteiger partial charge in [0.2, 0.25) is 0 Å². The lowest BCUT2D eigenvalue weighted by atomic mass is 10.1. The van der Waals surface area contributed by atoms with Gasteiger partial charge in [-0.3, -0.25) is 14.6 Å². The van der Waals surface area contributed by atoms with Crippen LogP contribution in [-0.4, -0.2) is 39.0 Å². The first-order chi connectivity index (χ1) is 11.9. The van der Waals surface area contributed by atoms with Crippen LogP contribution in [0.4, 0.5) is 14.5 Å². The van der Waals surface area contributed by atoms with Crippen molar-refractivity contribution >= 4 is 28.5 Å². The number of methoxy groups -OCH3 is 1. The molecule has 0 saturated heterocycles. The van der Waals surface area contributed by atoms with E-state index < -0.39 is 24.0 Å². The maximum atomic E-state index is 13.1. The summed E-state index contributed by atoms with van der Waals surface area (Å²) in [4.78, 5) is 24.0. The van der Waals surface area contributed by atoms with E-state index in [0.29, 0.717) is 16.6 Å². The molecule has 130 valence electrons. The van der Waals surface area contributed by atoms with Gasteiger partial charge in [-0.2, -0.15) is 10.2 Å². The van der Waals surface area contributed by atoms with Crippen molar-refractivity contribution < 1.29 is 23.1 Å². The van der Waals surface area contributed by atoms with E-state index in [9.17, 15) is 18.4 Å². The number of ether oxygens (including phenoxy) is 1. The molecule has 0 atom stereocenters. The number of nitrogens with zero attached hydrogens (tertiary/aromatic N) is 3. The van der Waals surface area contributed by atoms with Crippen molar-refractivity contribution in [3.8, 4) is 0 Å². The van der Waals surface area contributed by atoms with Gasteiger partial charge in [-0.1, -0.05) is 0 Å². The molecule has 0 aliphatic heterocycles. The van der Waals surface area contributed by atoms with Crippen molar-refractivity contribution in [2.45, 2.75) is 6.43 Å². The minimum absolute atomic E-state index is 0.0586. The lowest BCUT2D eigenvalue weighted by Gasteiger charge is -2.07. The number of amides is 1. The van der Waals surface area contributed by atoms with Crippen LogP contribution in [0.5, 0.6) is 0 Å². The number of aryl methyl sites for hydroxylation is 1. The molecule has 0 radical (unpaired) electrons. The molecule has 0 fully saturated rings. The number of aromatic nitrogens is 4. The normalized spacial score (nSPS) is 11.1. The summed E-state index contributed by atoms with van der Waals surface area (Å²) < 4.78 is 31.7. The second-order valence-corrected chi connectivity index (χ2v) is 5.15. The van der Waals surface area contributed by atoms with Gasteiger partial charge in [0.1, 0.15) is 5.69 Å². The van der Waals surface area contributed by atoms with Crippen LogP contribution in [0.25, 0.3) is 10.9 Å². The molecule has 2 aromatic heterocycles. The van der Waals surface area contributed by atoms with Gasteiger partial charge in [0.25, 0.3) is 12.3 Å². The molecular weight excluding hydrogens is 336 g/mol. The Labute approximate surface area is 139 Å². The number of H-pyrrole nitrogens is 1. The number of hydrogen-bond acceptors (Lipinski definition) is 5. The van der Waals surface area contributed by atoms with Gasteiger partial charge in [-0.05, 0) is 18.2 Å². The molecule has 0 unspecified atom stereocenters. The molecule has 25 heavy (non-hydrogen) atoms. The van der Waals surface area contributed by atoms with Gasteiger partial charge in [0, 0.05) is 18.1 Å². The smallest absolute Gasteiger partial charge is 0.359 e. The van der Waals surface area contributed by atoms with E-state index in [1.807, 2.05) is 0 Å². The zero-order chi connectivity index (χ0) is 18.1. The van der Waals surface area contributed by atoms with Crippen LogP contribution in [0, 0.1) is 0 Å². The number of halogens is 2. The number of carbonyl (C=O) groups excluding carboxylic acids is 2. The summed E-state index contributed by atoms with van der Waals surface area (Å²) >= 11 is 0. The second kappa shape index (κ2) is 6.30. The Morgan fingerprint density at radius 3 is 2.80 bits per heavy atom. The molecule has 0 saturated carbocycles. The van der Waals surface area contributed by atoms with Crippen molar-refractivity contribution in [1.29, 1.82) is 0 Å². The van der Waals surface area contributed by atoms with E-state index in [1.54, 1.807) is 12.1 Å². The highest BCUT2D eigenvalue weighted by molar-refractivity contribution is 6.07. The van der Waals surface area contributed by atoms with Crippen molar-refractivity contribution in [1.82, 2.24) is 20.0 Å². The number of rotatable bonds is 4. The molecular formula is C15H13F2N5O3.